The standard InChI is InChI=1S/C32H38F2N4O5/c1-5-9-38(3)32(41)25-15-23(20(2)37-42)14-24(16-25)31(40)36-29(13-22-10-26(33)17-27(34)11-22)30(39)19-35-18-21-7-6-8-28(12-21)43-4/h6-8,10-12,14-17,20,29-30,35,39H,5,9,13,18-19H2,1-4H3,(H,36,40)/t20?,29-,30+/m0/s1. The molecule has 3 aromatic carbocycles. The van der Waals surface area contributed by atoms with Gasteiger partial charge < -0.3 is 25.4 Å². The molecule has 0 aromatic heterocycles. The van der Waals surface area contributed by atoms with E-state index in [0.29, 0.717) is 24.4 Å². The number of amides is 2. The van der Waals surface area contributed by atoms with Crippen molar-refractivity contribution >= 4 is 11.8 Å². The fourth-order valence-electron chi connectivity index (χ4n) is 4.67. The lowest BCUT2D eigenvalue weighted by Crippen LogP contribution is -2.48. The zero-order valence-corrected chi connectivity index (χ0v) is 24.8. The molecule has 2 amide bonds. The van der Waals surface area contributed by atoms with E-state index in [-0.39, 0.29) is 35.6 Å². The summed E-state index contributed by atoms with van der Waals surface area (Å²) in [6, 6.07) is 13.0. The highest BCUT2D eigenvalue weighted by molar-refractivity contribution is 6.00. The molecule has 0 saturated heterocycles. The number of aliphatic hydroxyl groups is 1. The Hall–Kier alpha value is -4.22. The van der Waals surface area contributed by atoms with Gasteiger partial charge in [-0.05, 0) is 78.9 Å². The second kappa shape index (κ2) is 15.9. The quantitative estimate of drug-likeness (QED) is 0.217. The highest BCUT2D eigenvalue weighted by Crippen LogP contribution is 2.22. The molecule has 43 heavy (non-hydrogen) atoms. The highest BCUT2D eigenvalue weighted by Gasteiger charge is 2.25. The van der Waals surface area contributed by atoms with E-state index in [9.17, 15) is 28.4 Å². The van der Waals surface area contributed by atoms with Crippen molar-refractivity contribution < 1.29 is 28.2 Å². The molecule has 0 fully saturated rings. The van der Waals surface area contributed by atoms with Crippen LogP contribution in [0.1, 0.15) is 63.7 Å². The SMILES string of the molecule is CCCN(C)C(=O)c1cc(C(=O)N[C@@H](Cc2cc(F)cc(F)c2)[C@H](O)CNCc2cccc(OC)c2)cc(C(C)N=O)c1. The van der Waals surface area contributed by atoms with Crippen molar-refractivity contribution in [3.8, 4) is 5.75 Å². The molecule has 0 aliphatic carbocycles. The number of methoxy groups -OCH3 is 1. The van der Waals surface area contributed by atoms with E-state index < -0.39 is 35.7 Å². The van der Waals surface area contributed by atoms with Gasteiger partial charge in [0.1, 0.15) is 23.4 Å². The summed E-state index contributed by atoms with van der Waals surface area (Å²) in [6.07, 6.45) is -0.524. The minimum Gasteiger partial charge on any atom is -0.497 e. The first-order chi connectivity index (χ1) is 20.5. The molecular formula is C32H38F2N4O5. The molecule has 3 rings (SSSR count). The van der Waals surface area contributed by atoms with Gasteiger partial charge in [0.05, 0.1) is 19.3 Å². The number of halogens is 2. The number of aliphatic hydroxyl groups excluding tert-OH is 1. The summed E-state index contributed by atoms with van der Waals surface area (Å²) in [5.41, 5.74) is 1.80. The van der Waals surface area contributed by atoms with Crippen molar-refractivity contribution in [2.45, 2.75) is 51.4 Å². The maximum atomic E-state index is 14.0. The van der Waals surface area contributed by atoms with E-state index in [0.717, 1.165) is 30.2 Å². The average molecular weight is 597 g/mol. The van der Waals surface area contributed by atoms with Gasteiger partial charge in [-0.2, -0.15) is 4.91 Å². The van der Waals surface area contributed by atoms with Crippen LogP contribution in [0.15, 0.2) is 65.8 Å². The smallest absolute Gasteiger partial charge is 0.253 e. The molecule has 0 spiro atoms. The maximum absolute atomic E-state index is 14.0. The topological polar surface area (TPSA) is 120 Å². The van der Waals surface area contributed by atoms with Crippen molar-refractivity contribution in [1.82, 2.24) is 15.5 Å². The second-order valence-corrected chi connectivity index (χ2v) is 10.5. The zero-order valence-electron chi connectivity index (χ0n) is 24.8. The van der Waals surface area contributed by atoms with Gasteiger partial charge in [0.25, 0.3) is 11.8 Å². The van der Waals surface area contributed by atoms with Gasteiger partial charge in [0.2, 0.25) is 0 Å². The van der Waals surface area contributed by atoms with Crippen LogP contribution in [0.3, 0.4) is 0 Å². The molecule has 0 aliphatic rings. The number of benzene rings is 3. The van der Waals surface area contributed by atoms with Gasteiger partial charge in [-0.1, -0.05) is 24.2 Å². The van der Waals surface area contributed by atoms with Crippen LogP contribution >= 0.6 is 0 Å². The van der Waals surface area contributed by atoms with E-state index in [1.54, 1.807) is 21.1 Å². The number of rotatable bonds is 15. The first kappa shape index (κ1) is 33.3. The summed E-state index contributed by atoms with van der Waals surface area (Å²) in [5, 5.41) is 20.1. The third-order valence-corrected chi connectivity index (χ3v) is 6.99. The van der Waals surface area contributed by atoms with Crippen LogP contribution in [-0.2, 0) is 13.0 Å². The van der Waals surface area contributed by atoms with Gasteiger partial charge in [-0.15, -0.1) is 0 Å². The van der Waals surface area contributed by atoms with Gasteiger partial charge in [-0.3, -0.25) is 9.59 Å². The summed E-state index contributed by atoms with van der Waals surface area (Å²) in [7, 11) is 3.20. The summed E-state index contributed by atoms with van der Waals surface area (Å²) < 4.78 is 33.2. The number of carbonyl (C=O) groups is 2. The van der Waals surface area contributed by atoms with E-state index >= 15 is 0 Å². The van der Waals surface area contributed by atoms with Crippen LogP contribution in [-0.4, -0.2) is 61.2 Å². The largest absolute Gasteiger partial charge is 0.497 e. The molecule has 0 saturated carbocycles. The number of hydrogen-bond donors (Lipinski definition) is 3. The van der Waals surface area contributed by atoms with Crippen LogP contribution in [0, 0.1) is 16.5 Å². The number of nitroso groups, excluding NO2 is 1. The third kappa shape index (κ3) is 9.65. The molecule has 0 heterocycles. The summed E-state index contributed by atoms with van der Waals surface area (Å²) in [5.74, 6) is -1.86. The minimum atomic E-state index is -1.17. The molecule has 1 unspecified atom stereocenters. The Morgan fingerprint density at radius 1 is 1.02 bits per heavy atom. The van der Waals surface area contributed by atoms with Crippen molar-refractivity contribution in [1.29, 1.82) is 0 Å². The Balaban J connectivity index is 1.87. The van der Waals surface area contributed by atoms with Crippen molar-refractivity contribution in [2.75, 3.05) is 27.2 Å². The first-order valence-corrected chi connectivity index (χ1v) is 14.0. The normalized spacial score (nSPS) is 13.1. The molecule has 3 aromatic rings. The van der Waals surface area contributed by atoms with Gasteiger partial charge in [0.15, 0.2) is 0 Å². The van der Waals surface area contributed by atoms with Crippen molar-refractivity contribution in [3.63, 3.8) is 0 Å². The molecule has 3 N–H and O–H groups in total. The van der Waals surface area contributed by atoms with E-state index in [2.05, 4.69) is 15.8 Å². The lowest BCUT2D eigenvalue weighted by Gasteiger charge is -2.25. The molecule has 0 aliphatic heterocycles. The Morgan fingerprint density at radius 3 is 2.37 bits per heavy atom. The van der Waals surface area contributed by atoms with Crippen molar-refractivity contribution in [2.24, 2.45) is 5.18 Å². The summed E-state index contributed by atoms with van der Waals surface area (Å²) in [4.78, 5) is 39.4. The highest BCUT2D eigenvalue weighted by atomic mass is 19.1. The molecule has 0 radical (unpaired) electrons. The zero-order chi connectivity index (χ0) is 31.5. The van der Waals surface area contributed by atoms with E-state index in [4.69, 9.17) is 4.74 Å². The summed E-state index contributed by atoms with van der Waals surface area (Å²) in [6.45, 7) is 4.40. The summed E-state index contributed by atoms with van der Waals surface area (Å²) >= 11 is 0. The maximum Gasteiger partial charge on any atom is 0.253 e. The lowest BCUT2D eigenvalue weighted by molar-refractivity contribution is 0.0794. The predicted molar refractivity (Wildman–Crippen MR) is 160 cm³/mol. The number of ether oxygens (including phenoxy) is 1. The first-order valence-electron chi connectivity index (χ1n) is 14.0. The van der Waals surface area contributed by atoms with Crippen LogP contribution in [0.25, 0.3) is 0 Å². The molecule has 0 bridgehead atoms. The second-order valence-electron chi connectivity index (χ2n) is 10.5. The predicted octanol–water partition coefficient (Wildman–Crippen LogP) is 4.77. The Labute approximate surface area is 250 Å². The van der Waals surface area contributed by atoms with Crippen LogP contribution < -0.4 is 15.4 Å². The fourth-order valence-corrected chi connectivity index (χ4v) is 4.67. The van der Waals surface area contributed by atoms with E-state index in [1.807, 2.05) is 31.2 Å². The molecule has 11 heteroatoms. The fraction of sp³-hybridized carbons (Fsp3) is 0.375. The van der Waals surface area contributed by atoms with Gasteiger partial charge in [-0.25, -0.2) is 8.78 Å². The van der Waals surface area contributed by atoms with Crippen molar-refractivity contribution in [3.05, 3.63) is 105 Å². The number of hydrogen-bond acceptors (Lipinski definition) is 7. The number of carbonyl (C=O) groups excluding carboxylic acids is 2. The average Bonchev–Trinajstić information content (AvgIpc) is 2.99. The van der Waals surface area contributed by atoms with Gasteiger partial charge in [0, 0.05) is 43.9 Å². The lowest BCUT2D eigenvalue weighted by atomic mass is 9.98. The molecule has 3 atom stereocenters. The number of nitrogens with zero attached hydrogens (tertiary/aromatic N) is 2. The molecule has 9 nitrogen and oxygen atoms in total. The molecule has 230 valence electrons. The number of nitrogens with one attached hydrogen (secondary N) is 2. The Kier molecular flexibility index (Phi) is 12.3. The van der Waals surface area contributed by atoms with Crippen LogP contribution in [0.2, 0.25) is 0 Å². The monoisotopic (exact) mass is 596 g/mol. The van der Waals surface area contributed by atoms with Gasteiger partial charge >= 0.3 is 0 Å². The van der Waals surface area contributed by atoms with Crippen LogP contribution in [0.5, 0.6) is 5.75 Å². The van der Waals surface area contributed by atoms with E-state index in [1.165, 1.54) is 23.1 Å². The third-order valence-electron chi connectivity index (χ3n) is 6.99. The molecular weight excluding hydrogens is 558 g/mol. The van der Waals surface area contributed by atoms with Crippen LogP contribution in [0.4, 0.5) is 8.78 Å². The Morgan fingerprint density at radius 2 is 1.72 bits per heavy atom. The Bertz CT molecular complexity index is 1400. The minimum absolute atomic E-state index is 0.0393.